The molecule has 2 heterocycles. The number of benzene rings is 3. The van der Waals surface area contributed by atoms with E-state index in [9.17, 15) is 9.59 Å². The number of fused-ring (bicyclic) bond motifs is 1. The van der Waals surface area contributed by atoms with Crippen LogP contribution in [-0.2, 0) is 11.2 Å². The summed E-state index contributed by atoms with van der Waals surface area (Å²) in [5.41, 5.74) is 3.81. The Labute approximate surface area is 223 Å². The average Bonchev–Trinajstić information content (AvgIpc) is 2.93. The number of anilines is 1. The first kappa shape index (κ1) is 25.3. The van der Waals surface area contributed by atoms with Crippen molar-refractivity contribution in [3.63, 3.8) is 0 Å². The zero-order valence-corrected chi connectivity index (χ0v) is 21.8. The highest BCUT2D eigenvalue weighted by molar-refractivity contribution is 8.04. The lowest BCUT2D eigenvalue weighted by Gasteiger charge is -2.32. The number of amides is 2. The van der Waals surface area contributed by atoms with Crippen LogP contribution in [0.15, 0.2) is 88.7 Å². The molecule has 2 aliphatic rings. The summed E-state index contributed by atoms with van der Waals surface area (Å²) in [6.45, 7) is 3.98. The molecule has 37 heavy (non-hydrogen) atoms. The van der Waals surface area contributed by atoms with E-state index in [1.165, 1.54) is 36.6 Å². The minimum atomic E-state index is -0.106. The molecule has 6 heteroatoms. The summed E-state index contributed by atoms with van der Waals surface area (Å²) in [6.07, 6.45) is 6.49. The lowest BCUT2D eigenvalue weighted by molar-refractivity contribution is -0.112. The molecule has 0 aliphatic carbocycles. The van der Waals surface area contributed by atoms with Crippen molar-refractivity contribution < 1.29 is 9.59 Å². The number of nitrogens with one attached hydrogen (secondary N) is 2. The second-order valence-electron chi connectivity index (χ2n) is 9.77. The molecule has 0 atom stereocenters. The number of likely N-dealkylation sites (tertiary alicyclic amines) is 1. The van der Waals surface area contributed by atoms with Crippen molar-refractivity contribution in [2.24, 2.45) is 5.92 Å². The van der Waals surface area contributed by atoms with E-state index in [2.05, 4.69) is 45.9 Å². The van der Waals surface area contributed by atoms with E-state index in [-0.39, 0.29) is 11.8 Å². The van der Waals surface area contributed by atoms with E-state index in [1.807, 2.05) is 54.6 Å². The molecule has 2 aliphatic heterocycles. The summed E-state index contributed by atoms with van der Waals surface area (Å²) >= 11 is 1.46. The summed E-state index contributed by atoms with van der Waals surface area (Å²) in [5, 5.41) is 5.98. The highest BCUT2D eigenvalue weighted by Gasteiger charge is 2.21. The Morgan fingerprint density at radius 2 is 1.70 bits per heavy atom. The molecule has 5 nitrogen and oxygen atoms in total. The van der Waals surface area contributed by atoms with Gasteiger partial charge in [0.05, 0.1) is 10.6 Å². The predicted molar refractivity (Wildman–Crippen MR) is 152 cm³/mol. The van der Waals surface area contributed by atoms with Gasteiger partial charge in [0.25, 0.3) is 11.8 Å². The van der Waals surface area contributed by atoms with Crippen LogP contribution >= 0.6 is 11.8 Å². The molecule has 0 bridgehead atoms. The fraction of sp³-hybridized carbons (Fsp3) is 0.290. The van der Waals surface area contributed by atoms with Gasteiger partial charge in [0, 0.05) is 17.0 Å². The molecule has 3 aromatic carbocycles. The third-order valence-corrected chi connectivity index (χ3v) is 8.16. The smallest absolute Gasteiger partial charge is 0.262 e. The first-order chi connectivity index (χ1) is 18.1. The predicted octanol–water partition coefficient (Wildman–Crippen LogP) is 5.85. The van der Waals surface area contributed by atoms with Crippen molar-refractivity contribution in [3.8, 4) is 0 Å². The Morgan fingerprint density at radius 3 is 2.49 bits per heavy atom. The number of hydrogen-bond donors (Lipinski definition) is 2. The van der Waals surface area contributed by atoms with Gasteiger partial charge in [-0.2, -0.15) is 0 Å². The number of thioether (sulfide) groups is 1. The molecular weight excluding hydrogens is 478 g/mol. The van der Waals surface area contributed by atoms with Gasteiger partial charge in [-0.1, -0.05) is 66.4 Å². The fourth-order valence-electron chi connectivity index (χ4n) is 4.95. The number of nitrogens with zero attached hydrogens (tertiary/aromatic N) is 1. The summed E-state index contributed by atoms with van der Waals surface area (Å²) in [4.78, 5) is 29.2. The minimum Gasteiger partial charge on any atom is -0.352 e. The van der Waals surface area contributed by atoms with E-state index >= 15 is 0 Å². The molecule has 2 N–H and O–H groups in total. The largest absolute Gasteiger partial charge is 0.352 e. The third-order valence-electron chi connectivity index (χ3n) is 7.06. The topological polar surface area (TPSA) is 61.4 Å². The third kappa shape index (κ3) is 6.90. The molecule has 1 saturated heterocycles. The number of carbonyl (C=O) groups excluding carboxylic acids is 2. The van der Waals surface area contributed by atoms with Crippen LogP contribution in [0.1, 0.15) is 40.7 Å². The van der Waals surface area contributed by atoms with E-state index in [1.54, 1.807) is 0 Å². The molecule has 190 valence electrons. The number of carbonyl (C=O) groups is 2. The van der Waals surface area contributed by atoms with Crippen LogP contribution in [0.4, 0.5) is 5.69 Å². The summed E-state index contributed by atoms with van der Waals surface area (Å²) in [7, 11) is 0. The second-order valence-corrected chi connectivity index (χ2v) is 10.9. The van der Waals surface area contributed by atoms with Crippen molar-refractivity contribution in [3.05, 3.63) is 100 Å². The highest BCUT2D eigenvalue weighted by atomic mass is 32.2. The van der Waals surface area contributed by atoms with Crippen LogP contribution in [0.5, 0.6) is 0 Å². The van der Waals surface area contributed by atoms with Gasteiger partial charge in [0.2, 0.25) is 0 Å². The lowest BCUT2D eigenvalue weighted by Crippen LogP contribution is -2.36. The molecule has 0 radical (unpaired) electrons. The van der Waals surface area contributed by atoms with E-state index < -0.39 is 0 Å². The van der Waals surface area contributed by atoms with Gasteiger partial charge in [0.15, 0.2) is 0 Å². The van der Waals surface area contributed by atoms with Crippen LogP contribution in [-0.4, -0.2) is 42.9 Å². The standard InChI is InChI=1S/C31H33N3O2S/c35-30(32-17-6-18-34-19-15-25(16-20-34)21-23-7-2-1-3-8-23)26-13-11-24(12-14-26)22-29-31(36)33-27-9-4-5-10-28(27)37-29/h1-5,7-14,22,25H,6,15-21H2,(H,32,35)(H,33,36). The molecular formula is C31H33N3O2S. The number of hydrogen-bond acceptors (Lipinski definition) is 4. The molecule has 3 aromatic rings. The Balaban J connectivity index is 1.03. The van der Waals surface area contributed by atoms with Crippen molar-refractivity contribution >= 4 is 35.3 Å². The number of piperidine rings is 1. The minimum absolute atomic E-state index is 0.0560. The van der Waals surface area contributed by atoms with Crippen molar-refractivity contribution in [1.82, 2.24) is 10.2 Å². The summed E-state index contributed by atoms with van der Waals surface area (Å²) in [5.74, 6) is 0.615. The van der Waals surface area contributed by atoms with Gasteiger partial charge in [-0.25, -0.2) is 0 Å². The van der Waals surface area contributed by atoms with Gasteiger partial charge in [-0.05, 0) is 92.7 Å². The maximum absolute atomic E-state index is 12.6. The Kier molecular flexibility index (Phi) is 8.39. The van der Waals surface area contributed by atoms with Gasteiger partial charge in [-0.3, -0.25) is 9.59 Å². The maximum atomic E-state index is 12.6. The molecule has 5 rings (SSSR count). The van der Waals surface area contributed by atoms with Gasteiger partial charge >= 0.3 is 0 Å². The van der Waals surface area contributed by atoms with Crippen LogP contribution in [0.3, 0.4) is 0 Å². The van der Waals surface area contributed by atoms with Crippen LogP contribution in [0.25, 0.3) is 6.08 Å². The monoisotopic (exact) mass is 511 g/mol. The highest BCUT2D eigenvalue weighted by Crippen LogP contribution is 2.38. The van der Waals surface area contributed by atoms with Crippen LogP contribution < -0.4 is 10.6 Å². The summed E-state index contributed by atoms with van der Waals surface area (Å²) < 4.78 is 0. The van der Waals surface area contributed by atoms with E-state index in [4.69, 9.17) is 0 Å². The Bertz CT molecular complexity index is 1250. The number of rotatable bonds is 8. The molecule has 2 amide bonds. The number of para-hydroxylation sites is 1. The van der Waals surface area contributed by atoms with E-state index in [0.29, 0.717) is 17.0 Å². The van der Waals surface area contributed by atoms with Gasteiger partial charge in [-0.15, -0.1) is 0 Å². The summed E-state index contributed by atoms with van der Waals surface area (Å²) in [6, 6.07) is 26.0. The van der Waals surface area contributed by atoms with Gasteiger partial charge in [0.1, 0.15) is 0 Å². The average molecular weight is 512 g/mol. The lowest BCUT2D eigenvalue weighted by atomic mass is 9.90. The SMILES string of the molecule is O=C1Nc2ccccc2SC1=Cc1ccc(C(=O)NCCCN2CCC(Cc3ccccc3)CC2)cc1. The van der Waals surface area contributed by atoms with Gasteiger partial charge < -0.3 is 15.5 Å². The first-order valence-corrected chi connectivity index (χ1v) is 13.9. The zero-order valence-electron chi connectivity index (χ0n) is 21.0. The second kappa shape index (κ2) is 12.3. The fourth-order valence-corrected chi connectivity index (χ4v) is 5.90. The van der Waals surface area contributed by atoms with E-state index in [0.717, 1.165) is 48.1 Å². The Hall–Kier alpha value is -3.35. The quantitative estimate of drug-likeness (QED) is 0.294. The van der Waals surface area contributed by atoms with Crippen molar-refractivity contribution in [1.29, 1.82) is 0 Å². The van der Waals surface area contributed by atoms with Crippen LogP contribution in [0, 0.1) is 5.92 Å². The first-order valence-electron chi connectivity index (χ1n) is 13.1. The molecule has 1 fully saturated rings. The maximum Gasteiger partial charge on any atom is 0.262 e. The van der Waals surface area contributed by atoms with Crippen molar-refractivity contribution in [2.45, 2.75) is 30.6 Å². The Morgan fingerprint density at radius 1 is 0.973 bits per heavy atom. The zero-order chi connectivity index (χ0) is 25.5. The molecule has 0 unspecified atom stereocenters. The van der Waals surface area contributed by atoms with Crippen LogP contribution in [0.2, 0.25) is 0 Å². The molecule has 0 saturated carbocycles. The van der Waals surface area contributed by atoms with Crippen molar-refractivity contribution in [2.75, 3.05) is 31.5 Å². The normalized spacial score (nSPS) is 17.3. The molecule has 0 aromatic heterocycles. The molecule has 0 spiro atoms.